The first-order chi connectivity index (χ1) is 20.1. The lowest BCUT2D eigenvalue weighted by Crippen LogP contribution is -2.22. The van der Waals surface area contributed by atoms with Crippen molar-refractivity contribution in [2.24, 2.45) is 0 Å². The van der Waals surface area contributed by atoms with Crippen molar-refractivity contribution in [1.82, 2.24) is 14.8 Å². The van der Waals surface area contributed by atoms with E-state index in [-0.39, 0.29) is 29.9 Å². The number of aliphatic carboxylic acids is 1. The fraction of sp³-hybridized carbons (Fsp3) is 0.0714. The van der Waals surface area contributed by atoms with Crippen molar-refractivity contribution >= 4 is 66.9 Å². The lowest BCUT2D eigenvalue weighted by atomic mass is 9.98. The molecule has 5 rings (SSSR count). The number of aromatic nitrogens is 3. The SMILES string of the molecule is O=C(O)CCc1c(NC(=O)c2c(F)cc(N(c3ccc(-n4cncn4)cc3)S(=O)[O-])cc2F)cc(Br)c2ccccc12. The van der Waals surface area contributed by atoms with Gasteiger partial charge in [0, 0.05) is 16.6 Å². The van der Waals surface area contributed by atoms with Gasteiger partial charge in [0.2, 0.25) is 0 Å². The molecule has 214 valence electrons. The standard InChI is InChI=1S/C28H20BrF2N5O5S/c29-22-13-25(21(9-10-26(37)38)19-3-1-2-4-20(19)22)34-28(39)27-23(30)11-18(12-24(27)31)36(42(40)41)17-7-5-16(6-8-17)35-15-32-14-33-35/h1-8,11-15H,9-10H2,(H,34,39)(H,37,38)(H,40,41)/p-1. The zero-order valence-electron chi connectivity index (χ0n) is 21.3. The van der Waals surface area contributed by atoms with Crippen molar-refractivity contribution in [1.29, 1.82) is 0 Å². The normalized spacial score (nSPS) is 11.8. The Morgan fingerprint density at radius 2 is 1.69 bits per heavy atom. The van der Waals surface area contributed by atoms with E-state index in [9.17, 15) is 23.5 Å². The Morgan fingerprint density at radius 1 is 1.02 bits per heavy atom. The zero-order valence-corrected chi connectivity index (χ0v) is 23.7. The molecule has 0 saturated heterocycles. The summed E-state index contributed by atoms with van der Waals surface area (Å²) in [4.78, 5) is 28.3. The lowest BCUT2D eigenvalue weighted by molar-refractivity contribution is -0.136. The number of aryl methyl sites for hydroxylation is 1. The van der Waals surface area contributed by atoms with Gasteiger partial charge in [-0.15, -0.1) is 0 Å². The molecule has 1 aromatic heterocycles. The minimum atomic E-state index is -2.98. The number of rotatable bonds is 9. The Kier molecular flexibility index (Phi) is 8.38. The summed E-state index contributed by atoms with van der Waals surface area (Å²) in [5, 5.41) is 17.1. The third-order valence-electron chi connectivity index (χ3n) is 6.35. The van der Waals surface area contributed by atoms with E-state index in [0.717, 1.165) is 17.5 Å². The molecule has 1 atom stereocenters. The van der Waals surface area contributed by atoms with E-state index in [0.29, 0.717) is 25.4 Å². The molecule has 1 unspecified atom stereocenters. The number of carbonyl (C=O) groups is 2. The van der Waals surface area contributed by atoms with Gasteiger partial charge >= 0.3 is 5.97 Å². The molecule has 4 aromatic carbocycles. The van der Waals surface area contributed by atoms with Crippen LogP contribution in [0.3, 0.4) is 0 Å². The van der Waals surface area contributed by atoms with Crippen LogP contribution in [-0.2, 0) is 22.5 Å². The predicted molar refractivity (Wildman–Crippen MR) is 154 cm³/mol. The Morgan fingerprint density at radius 3 is 2.29 bits per heavy atom. The molecule has 2 N–H and O–H groups in total. The number of nitrogens with one attached hydrogen (secondary N) is 1. The van der Waals surface area contributed by atoms with Gasteiger partial charge in [0.25, 0.3) is 5.91 Å². The number of carbonyl (C=O) groups excluding carboxylic acids is 1. The third kappa shape index (κ3) is 5.91. The molecule has 14 heteroatoms. The molecule has 0 saturated carbocycles. The highest BCUT2D eigenvalue weighted by molar-refractivity contribution is 9.10. The summed E-state index contributed by atoms with van der Waals surface area (Å²) in [5.41, 5.74) is -0.0225. The molecule has 42 heavy (non-hydrogen) atoms. The highest BCUT2D eigenvalue weighted by Crippen LogP contribution is 2.35. The summed E-state index contributed by atoms with van der Waals surface area (Å²) in [7, 11) is 0. The van der Waals surface area contributed by atoms with Crippen molar-refractivity contribution in [2.45, 2.75) is 12.8 Å². The fourth-order valence-electron chi connectivity index (χ4n) is 4.49. The first-order valence-electron chi connectivity index (χ1n) is 12.2. The number of halogens is 3. The molecule has 5 aromatic rings. The third-order valence-corrected chi connectivity index (χ3v) is 7.72. The minimum Gasteiger partial charge on any atom is -0.755 e. The van der Waals surface area contributed by atoms with Crippen molar-refractivity contribution in [3.63, 3.8) is 0 Å². The van der Waals surface area contributed by atoms with Crippen LogP contribution in [0.4, 0.5) is 25.8 Å². The van der Waals surface area contributed by atoms with Crippen molar-refractivity contribution in [3.8, 4) is 5.69 Å². The summed E-state index contributed by atoms with van der Waals surface area (Å²) in [6, 6.07) is 16.0. The first-order valence-corrected chi connectivity index (χ1v) is 14.0. The average molecular weight is 655 g/mol. The number of carboxylic acid groups (broad SMARTS) is 1. The van der Waals surface area contributed by atoms with Crippen LogP contribution in [0.1, 0.15) is 22.3 Å². The van der Waals surface area contributed by atoms with Crippen LogP contribution in [0.5, 0.6) is 0 Å². The number of fused-ring (bicyclic) bond motifs is 1. The Hall–Kier alpha value is -4.53. The summed E-state index contributed by atoms with van der Waals surface area (Å²) in [6.07, 6.45) is 2.57. The molecule has 0 fully saturated rings. The largest absolute Gasteiger partial charge is 0.755 e. The van der Waals surface area contributed by atoms with Gasteiger partial charge in [0.1, 0.15) is 29.9 Å². The molecule has 0 spiro atoms. The van der Waals surface area contributed by atoms with Crippen LogP contribution in [-0.4, -0.2) is 40.5 Å². The van der Waals surface area contributed by atoms with Crippen LogP contribution >= 0.6 is 15.9 Å². The van der Waals surface area contributed by atoms with E-state index in [4.69, 9.17) is 0 Å². The Bertz CT molecular complexity index is 1810. The van der Waals surface area contributed by atoms with E-state index < -0.39 is 40.3 Å². The van der Waals surface area contributed by atoms with Gasteiger partial charge in [-0.3, -0.25) is 18.1 Å². The van der Waals surface area contributed by atoms with Crippen LogP contribution in [0.2, 0.25) is 0 Å². The van der Waals surface area contributed by atoms with Crippen molar-refractivity contribution in [3.05, 3.63) is 107 Å². The highest BCUT2D eigenvalue weighted by atomic mass is 79.9. The van der Waals surface area contributed by atoms with Crippen LogP contribution < -0.4 is 9.62 Å². The van der Waals surface area contributed by atoms with Crippen LogP contribution in [0.25, 0.3) is 16.5 Å². The molecule has 0 bridgehead atoms. The number of hydrogen-bond acceptors (Lipinski definition) is 6. The van der Waals surface area contributed by atoms with E-state index in [2.05, 4.69) is 31.3 Å². The summed E-state index contributed by atoms with van der Waals surface area (Å²) >= 11 is 0.448. The smallest absolute Gasteiger partial charge is 0.303 e. The molecular formula is C28H19BrF2N5O5S-. The average Bonchev–Trinajstić information content (AvgIpc) is 3.48. The number of benzene rings is 4. The van der Waals surface area contributed by atoms with E-state index in [1.54, 1.807) is 36.4 Å². The second-order valence-electron chi connectivity index (χ2n) is 8.93. The maximum absolute atomic E-state index is 15.3. The Balaban J connectivity index is 1.48. The van der Waals surface area contributed by atoms with Crippen molar-refractivity contribution in [2.75, 3.05) is 9.62 Å². The van der Waals surface area contributed by atoms with Gasteiger partial charge in [0.15, 0.2) is 0 Å². The number of amides is 1. The summed E-state index contributed by atoms with van der Waals surface area (Å²) in [6.45, 7) is 0. The molecule has 0 aliphatic rings. The molecule has 10 nitrogen and oxygen atoms in total. The summed E-state index contributed by atoms with van der Waals surface area (Å²) < 4.78 is 57.5. The zero-order chi connectivity index (χ0) is 30.0. The van der Waals surface area contributed by atoms with Gasteiger partial charge in [0.05, 0.1) is 28.3 Å². The monoisotopic (exact) mass is 654 g/mol. The molecule has 0 radical (unpaired) electrons. The predicted octanol–water partition coefficient (Wildman–Crippen LogP) is 5.66. The second kappa shape index (κ2) is 12.1. The molecule has 1 heterocycles. The molecule has 0 aliphatic carbocycles. The number of anilines is 3. The van der Waals surface area contributed by atoms with Crippen LogP contribution in [0.15, 0.2) is 83.9 Å². The molecule has 1 amide bonds. The lowest BCUT2D eigenvalue weighted by Gasteiger charge is -2.27. The quantitative estimate of drug-likeness (QED) is 0.195. The number of nitrogens with zero attached hydrogens (tertiary/aromatic N) is 4. The van der Waals surface area contributed by atoms with Gasteiger partial charge in [-0.2, -0.15) is 5.10 Å². The van der Waals surface area contributed by atoms with Gasteiger partial charge < -0.3 is 15.0 Å². The maximum atomic E-state index is 15.3. The van der Waals surface area contributed by atoms with E-state index >= 15 is 8.78 Å². The topological polar surface area (TPSA) is 140 Å². The van der Waals surface area contributed by atoms with E-state index in [1.807, 2.05) is 0 Å². The highest BCUT2D eigenvalue weighted by Gasteiger charge is 2.24. The Labute approximate surface area is 248 Å². The second-order valence-corrected chi connectivity index (χ2v) is 10.6. The molecule has 0 aliphatic heterocycles. The summed E-state index contributed by atoms with van der Waals surface area (Å²) in [5.74, 6) is -4.80. The van der Waals surface area contributed by atoms with Gasteiger partial charge in [-0.1, -0.05) is 40.2 Å². The van der Waals surface area contributed by atoms with Gasteiger partial charge in [-0.25, -0.2) is 18.4 Å². The van der Waals surface area contributed by atoms with E-state index in [1.165, 1.54) is 35.5 Å². The first kappa shape index (κ1) is 29.0. The minimum absolute atomic E-state index is 0.0443. The molecular weight excluding hydrogens is 636 g/mol. The number of carboxylic acids is 1. The van der Waals surface area contributed by atoms with Crippen LogP contribution in [0, 0.1) is 11.6 Å². The van der Waals surface area contributed by atoms with Crippen molar-refractivity contribution < 1.29 is 32.2 Å². The maximum Gasteiger partial charge on any atom is 0.303 e. The van der Waals surface area contributed by atoms with Gasteiger partial charge in [-0.05, 0) is 65.2 Å². The number of hydrogen-bond donors (Lipinski definition) is 2. The fourth-order valence-corrected chi connectivity index (χ4v) is 5.63.